The topological polar surface area (TPSA) is 177 Å². The number of aliphatic hydroxyl groups excluding tert-OH is 1. The van der Waals surface area contributed by atoms with E-state index in [2.05, 4.69) is 37.7 Å². The molecule has 51 heavy (non-hydrogen) atoms. The molecule has 0 spiro atoms. The highest BCUT2D eigenvalue weighted by atomic mass is 16.5. The van der Waals surface area contributed by atoms with Crippen molar-refractivity contribution in [3.8, 4) is 17.8 Å². The van der Waals surface area contributed by atoms with Gasteiger partial charge in [0.2, 0.25) is 5.91 Å². The number of aliphatic hydroxyl groups is 1. The first-order valence-electron chi connectivity index (χ1n) is 17.0. The summed E-state index contributed by atoms with van der Waals surface area (Å²) in [7, 11) is 4.04. The van der Waals surface area contributed by atoms with E-state index in [0.717, 1.165) is 37.0 Å². The van der Waals surface area contributed by atoms with Crippen LogP contribution in [-0.2, 0) is 14.3 Å². The van der Waals surface area contributed by atoms with Gasteiger partial charge < -0.3 is 49.3 Å². The lowest BCUT2D eigenvalue weighted by atomic mass is 10.1. The van der Waals surface area contributed by atoms with Gasteiger partial charge in [0.15, 0.2) is 0 Å². The molecule has 0 radical (unpaired) electrons. The molecule has 3 aliphatic heterocycles. The van der Waals surface area contributed by atoms with Gasteiger partial charge in [-0.05, 0) is 31.6 Å². The number of carbonyl (C=O) groups excluding carboxylic acids is 2. The number of rotatable bonds is 9. The van der Waals surface area contributed by atoms with E-state index >= 15 is 0 Å². The number of benzene rings is 2. The van der Waals surface area contributed by atoms with Crippen LogP contribution >= 0.6 is 0 Å². The summed E-state index contributed by atoms with van der Waals surface area (Å²) in [5.74, 6) is -0.301. The van der Waals surface area contributed by atoms with Crippen molar-refractivity contribution in [2.45, 2.75) is 24.7 Å². The molecule has 15 nitrogen and oxygen atoms in total. The number of fused-ring (bicyclic) bond motifs is 1. The predicted molar refractivity (Wildman–Crippen MR) is 191 cm³/mol. The summed E-state index contributed by atoms with van der Waals surface area (Å²) in [6, 6.07) is 13.9. The second-order valence-electron chi connectivity index (χ2n) is 12.8. The number of morpholine rings is 2. The molecule has 0 bridgehead atoms. The van der Waals surface area contributed by atoms with E-state index in [1.54, 1.807) is 17.0 Å². The number of hydrogen-bond acceptors (Lipinski definition) is 13. The van der Waals surface area contributed by atoms with Crippen LogP contribution in [0.5, 0.6) is 11.8 Å². The van der Waals surface area contributed by atoms with E-state index < -0.39 is 5.91 Å². The zero-order chi connectivity index (χ0) is 36.3. The fraction of sp³-hybridized carbons (Fsp3) is 0.472. The van der Waals surface area contributed by atoms with Gasteiger partial charge in [0.25, 0.3) is 5.91 Å². The van der Waals surface area contributed by atoms with Gasteiger partial charge in [0, 0.05) is 63.3 Å². The molecule has 3 aromatic rings. The summed E-state index contributed by atoms with van der Waals surface area (Å²) in [6.45, 7) is 9.73. The molecular formula is C36H46N8O7. The normalized spacial score (nSPS) is 21.3. The van der Waals surface area contributed by atoms with Crippen molar-refractivity contribution in [3.63, 3.8) is 0 Å². The Bertz CT molecular complexity index is 1720. The molecule has 3 aliphatic rings. The number of hydrogen-bond donors (Lipinski definition) is 3. The Hall–Kier alpha value is -4.85. The van der Waals surface area contributed by atoms with Crippen LogP contribution in [0, 0.1) is 11.3 Å². The molecular weight excluding hydrogens is 656 g/mol. The summed E-state index contributed by atoms with van der Waals surface area (Å²) in [6.07, 6.45) is 1.24. The second kappa shape index (κ2) is 17.9. The van der Waals surface area contributed by atoms with E-state index in [9.17, 15) is 20.0 Å². The lowest BCUT2D eigenvalue weighted by molar-refractivity contribution is -0.128. The smallest absolute Gasteiger partial charge is 0.319 e. The number of nitrogens with one attached hydrogen (secondary N) is 1. The first-order chi connectivity index (χ1) is 24.7. The summed E-state index contributed by atoms with van der Waals surface area (Å²) >= 11 is 0. The molecule has 0 unspecified atom stereocenters. The number of phenolic OH excluding ortho intramolecular Hbond substituents is 1. The van der Waals surface area contributed by atoms with E-state index in [1.165, 1.54) is 12.1 Å². The number of likely N-dealkylation sites (N-methyl/N-ethyl adjacent to an activating group) is 2. The Kier molecular flexibility index (Phi) is 13.1. The molecule has 2 amide bonds. The van der Waals surface area contributed by atoms with Crippen molar-refractivity contribution in [2.75, 3.05) is 96.6 Å². The molecule has 3 N–H and O–H groups in total. The van der Waals surface area contributed by atoms with Crippen LogP contribution in [0.1, 0.15) is 16.9 Å². The summed E-state index contributed by atoms with van der Waals surface area (Å²) in [4.78, 5) is 42.8. The molecule has 3 fully saturated rings. The monoisotopic (exact) mass is 702 g/mol. The van der Waals surface area contributed by atoms with Crippen molar-refractivity contribution in [3.05, 3.63) is 60.8 Å². The second-order valence-corrected chi connectivity index (χ2v) is 12.8. The Balaban J connectivity index is 0.000000488. The third-order valence-electron chi connectivity index (χ3n) is 8.90. The van der Waals surface area contributed by atoms with Crippen molar-refractivity contribution in [1.29, 1.82) is 5.26 Å². The highest BCUT2D eigenvalue weighted by molar-refractivity contribution is 6.09. The van der Waals surface area contributed by atoms with Gasteiger partial charge in [-0.3, -0.25) is 9.59 Å². The average Bonchev–Trinajstić information content (AvgIpc) is 3.14. The first-order valence-corrected chi connectivity index (χ1v) is 17.0. The van der Waals surface area contributed by atoms with E-state index in [4.69, 9.17) is 19.3 Å². The maximum atomic E-state index is 13.6. The molecule has 1 aromatic heterocycles. The van der Waals surface area contributed by atoms with Crippen LogP contribution in [0.15, 0.2) is 55.1 Å². The highest BCUT2D eigenvalue weighted by Gasteiger charge is 2.31. The Morgan fingerprint density at radius 2 is 1.76 bits per heavy atom. The lowest BCUT2D eigenvalue weighted by Gasteiger charge is -2.40. The fourth-order valence-corrected chi connectivity index (χ4v) is 6.20. The van der Waals surface area contributed by atoms with Crippen LogP contribution in [-0.4, -0.2) is 151 Å². The maximum Gasteiger partial charge on any atom is 0.319 e. The van der Waals surface area contributed by atoms with Crippen LogP contribution in [0.25, 0.3) is 10.8 Å². The number of piperazine rings is 1. The Labute approximate surface area is 297 Å². The number of aromatic nitrogens is 2. The summed E-state index contributed by atoms with van der Waals surface area (Å²) in [5, 5.41) is 32.7. The van der Waals surface area contributed by atoms with E-state index in [1.807, 2.05) is 43.3 Å². The van der Waals surface area contributed by atoms with E-state index in [-0.39, 0.29) is 61.2 Å². The molecule has 2 aromatic carbocycles. The summed E-state index contributed by atoms with van der Waals surface area (Å²) < 4.78 is 17.0. The number of carbonyl (C=O) groups is 2. The highest BCUT2D eigenvalue weighted by Crippen LogP contribution is 2.30. The third-order valence-corrected chi connectivity index (χ3v) is 8.90. The molecule has 3 atom stereocenters. The van der Waals surface area contributed by atoms with Gasteiger partial charge in [-0.2, -0.15) is 15.2 Å². The zero-order valence-electron chi connectivity index (χ0n) is 29.1. The van der Waals surface area contributed by atoms with Crippen molar-refractivity contribution in [2.24, 2.45) is 0 Å². The summed E-state index contributed by atoms with van der Waals surface area (Å²) in [5.41, 5.74) is 0.494. The number of amides is 2. The minimum absolute atomic E-state index is 0.0108. The minimum Gasteiger partial charge on any atom is -0.508 e. The van der Waals surface area contributed by atoms with Crippen LogP contribution in [0.3, 0.4) is 0 Å². The quantitative estimate of drug-likeness (QED) is 0.275. The van der Waals surface area contributed by atoms with Gasteiger partial charge in [-0.25, -0.2) is 0 Å². The number of aromatic hydroxyl groups is 1. The molecule has 4 heterocycles. The first kappa shape index (κ1) is 37.4. The minimum atomic E-state index is -0.512. The largest absolute Gasteiger partial charge is 0.508 e. The van der Waals surface area contributed by atoms with Crippen LogP contribution in [0.4, 0.5) is 11.5 Å². The standard InChI is InChI=1S/C30H33N7O5.C6H13NO2/c1-3-28(39)37-11-10-36(17-21(37)8-9-31)27-16-26(33-30(34-27)42-19-23-18-35(2)12-13-41-23)29(40)32-25-15-22(38)14-20-6-4-5-7-24(20)25;1-7-2-3-9-6(4-7)5-8/h3-7,14-16,21,23,38H,1,8,10-13,17-19H2,2H3,(H,32,40);6,8H,2-5H2,1H3/t21-,23+;6-/m01/s1. The number of nitrogens with zero attached hydrogens (tertiary/aromatic N) is 7. The predicted octanol–water partition coefficient (Wildman–Crippen LogP) is 1.72. The van der Waals surface area contributed by atoms with Gasteiger partial charge >= 0.3 is 6.01 Å². The van der Waals surface area contributed by atoms with Gasteiger partial charge in [0.05, 0.1) is 50.1 Å². The SMILES string of the molecule is C=CC(=O)N1CCN(c2cc(C(=O)Nc3cc(O)cc4ccccc34)nc(OC[C@H]3CN(C)CCO3)n2)C[C@@H]1CC#N.CN1CCO[C@@H](CO)C1. The molecule has 0 aliphatic carbocycles. The molecule has 272 valence electrons. The molecule has 0 saturated carbocycles. The lowest BCUT2D eigenvalue weighted by Crippen LogP contribution is -2.55. The van der Waals surface area contributed by atoms with Crippen molar-refractivity contribution < 1.29 is 34.0 Å². The molecule has 15 heteroatoms. The fourth-order valence-electron chi connectivity index (χ4n) is 6.20. The van der Waals surface area contributed by atoms with Crippen molar-refractivity contribution in [1.82, 2.24) is 24.7 Å². The zero-order valence-corrected chi connectivity index (χ0v) is 29.1. The molecule has 3 saturated heterocycles. The van der Waals surface area contributed by atoms with Gasteiger partial charge in [0.1, 0.15) is 30.0 Å². The number of anilines is 2. The molecule has 6 rings (SSSR count). The number of phenols is 1. The van der Waals surface area contributed by atoms with Crippen molar-refractivity contribution >= 4 is 34.1 Å². The number of ether oxygens (including phenoxy) is 3. The number of nitriles is 1. The average molecular weight is 703 g/mol. The Morgan fingerprint density at radius 3 is 2.45 bits per heavy atom. The van der Waals surface area contributed by atoms with Gasteiger partial charge in [-0.1, -0.05) is 30.8 Å². The van der Waals surface area contributed by atoms with E-state index in [0.29, 0.717) is 44.3 Å². The maximum absolute atomic E-state index is 13.6. The van der Waals surface area contributed by atoms with Crippen LogP contribution in [0.2, 0.25) is 0 Å². The van der Waals surface area contributed by atoms with Crippen LogP contribution < -0.4 is 15.0 Å². The third kappa shape index (κ3) is 10.1. The van der Waals surface area contributed by atoms with Gasteiger partial charge in [-0.15, -0.1) is 0 Å². The Morgan fingerprint density at radius 1 is 1.04 bits per heavy atom.